The molecule has 1 saturated carbocycles. The van der Waals surface area contributed by atoms with Crippen molar-refractivity contribution in [3.8, 4) is 0 Å². The van der Waals surface area contributed by atoms with Crippen LogP contribution in [0.15, 0.2) is 0 Å². The van der Waals surface area contributed by atoms with E-state index in [1.807, 2.05) is 6.92 Å². The van der Waals surface area contributed by atoms with E-state index in [1.165, 1.54) is 0 Å². The standard InChI is InChI=1S/C8H18N2O2S/c1-2-7(5-6-9)10-13(11,12)8-3-4-8/h7-8,10H,2-6,9H2,1H3. The molecule has 0 aromatic heterocycles. The molecule has 13 heavy (non-hydrogen) atoms. The van der Waals surface area contributed by atoms with Crippen molar-refractivity contribution in [2.75, 3.05) is 6.54 Å². The molecule has 1 aliphatic rings. The Bertz CT molecular complexity index is 247. The van der Waals surface area contributed by atoms with E-state index in [9.17, 15) is 8.42 Å². The zero-order chi connectivity index (χ0) is 9.90. The topological polar surface area (TPSA) is 72.2 Å². The molecule has 1 aliphatic carbocycles. The first-order valence-electron chi connectivity index (χ1n) is 4.81. The molecule has 78 valence electrons. The van der Waals surface area contributed by atoms with E-state index in [4.69, 9.17) is 5.73 Å². The first kappa shape index (κ1) is 10.9. The third-order valence-corrected chi connectivity index (χ3v) is 4.31. The lowest BCUT2D eigenvalue weighted by atomic mass is 10.2. The third-order valence-electron chi connectivity index (χ3n) is 2.30. The maximum Gasteiger partial charge on any atom is 0.214 e. The Labute approximate surface area is 79.9 Å². The second-order valence-corrected chi connectivity index (χ2v) is 5.54. The van der Waals surface area contributed by atoms with Crippen molar-refractivity contribution >= 4 is 10.0 Å². The highest BCUT2D eigenvalue weighted by Gasteiger charge is 2.36. The monoisotopic (exact) mass is 206 g/mol. The molecular weight excluding hydrogens is 188 g/mol. The second kappa shape index (κ2) is 4.39. The van der Waals surface area contributed by atoms with Gasteiger partial charge in [0.2, 0.25) is 10.0 Å². The molecule has 0 saturated heterocycles. The van der Waals surface area contributed by atoms with Gasteiger partial charge in [0.15, 0.2) is 0 Å². The van der Waals surface area contributed by atoms with Gasteiger partial charge in [-0.05, 0) is 32.2 Å². The molecule has 0 radical (unpaired) electrons. The Hall–Kier alpha value is -0.130. The molecule has 1 atom stereocenters. The molecule has 0 spiro atoms. The minimum Gasteiger partial charge on any atom is -0.330 e. The highest BCUT2D eigenvalue weighted by atomic mass is 32.2. The van der Waals surface area contributed by atoms with Gasteiger partial charge in [-0.2, -0.15) is 0 Å². The van der Waals surface area contributed by atoms with Crippen molar-refractivity contribution in [3.05, 3.63) is 0 Å². The summed E-state index contributed by atoms with van der Waals surface area (Å²) in [6.07, 6.45) is 3.16. The second-order valence-electron chi connectivity index (χ2n) is 3.54. The van der Waals surface area contributed by atoms with Crippen LogP contribution in [0.3, 0.4) is 0 Å². The Balaban J connectivity index is 2.44. The highest BCUT2D eigenvalue weighted by molar-refractivity contribution is 7.90. The molecule has 0 aliphatic heterocycles. The summed E-state index contributed by atoms with van der Waals surface area (Å²) in [5.41, 5.74) is 5.38. The lowest BCUT2D eigenvalue weighted by Crippen LogP contribution is -2.37. The van der Waals surface area contributed by atoms with Gasteiger partial charge < -0.3 is 5.73 Å². The maximum absolute atomic E-state index is 11.5. The van der Waals surface area contributed by atoms with E-state index in [1.54, 1.807) is 0 Å². The van der Waals surface area contributed by atoms with Gasteiger partial charge in [0.1, 0.15) is 0 Å². The van der Waals surface area contributed by atoms with Crippen LogP contribution in [0.1, 0.15) is 32.6 Å². The number of sulfonamides is 1. The Kier molecular flexibility index (Phi) is 3.70. The fourth-order valence-electron chi connectivity index (χ4n) is 1.25. The molecule has 3 N–H and O–H groups in total. The average Bonchev–Trinajstić information content (AvgIpc) is 2.85. The quantitative estimate of drug-likeness (QED) is 0.652. The average molecular weight is 206 g/mol. The van der Waals surface area contributed by atoms with Crippen LogP contribution in [0.5, 0.6) is 0 Å². The third kappa shape index (κ3) is 3.25. The fourth-order valence-corrected chi connectivity index (χ4v) is 2.95. The van der Waals surface area contributed by atoms with Gasteiger partial charge in [0.25, 0.3) is 0 Å². The van der Waals surface area contributed by atoms with Gasteiger partial charge in [-0.3, -0.25) is 0 Å². The number of hydrogen-bond donors (Lipinski definition) is 2. The molecule has 0 amide bonds. The Morgan fingerprint density at radius 1 is 1.54 bits per heavy atom. The normalized spacial score (nSPS) is 20.2. The van der Waals surface area contributed by atoms with E-state index in [0.29, 0.717) is 6.54 Å². The largest absolute Gasteiger partial charge is 0.330 e. The first-order valence-corrected chi connectivity index (χ1v) is 6.36. The van der Waals surface area contributed by atoms with E-state index in [-0.39, 0.29) is 11.3 Å². The number of nitrogens with one attached hydrogen (secondary N) is 1. The van der Waals surface area contributed by atoms with Gasteiger partial charge in [-0.15, -0.1) is 0 Å². The molecule has 0 aromatic carbocycles. The fraction of sp³-hybridized carbons (Fsp3) is 1.00. The van der Waals surface area contributed by atoms with Crippen molar-refractivity contribution in [1.82, 2.24) is 4.72 Å². The Morgan fingerprint density at radius 2 is 2.15 bits per heavy atom. The highest BCUT2D eigenvalue weighted by Crippen LogP contribution is 2.27. The van der Waals surface area contributed by atoms with Crippen molar-refractivity contribution in [3.63, 3.8) is 0 Å². The molecule has 0 bridgehead atoms. The SMILES string of the molecule is CCC(CCN)NS(=O)(=O)C1CC1. The van der Waals surface area contributed by atoms with Gasteiger partial charge in [0.05, 0.1) is 5.25 Å². The van der Waals surface area contributed by atoms with Crippen molar-refractivity contribution in [1.29, 1.82) is 0 Å². The minimum absolute atomic E-state index is 0.0237. The summed E-state index contributed by atoms with van der Waals surface area (Å²) < 4.78 is 25.7. The van der Waals surface area contributed by atoms with Crippen LogP contribution in [-0.2, 0) is 10.0 Å². The molecular formula is C8H18N2O2S. The maximum atomic E-state index is 11.5. The lowest BCUT2D eigenvalue weighted by molar-refractivity contribution is 0.520. The molecule has 1 unspecified atom stereocenters. The zero-order valence-corrected chi connectivity index (χ0v) is 8.81. The van der Waals surface area contributed by atoms with Crippen molar-refractivity contribution < 1.29 is 8.42 Å². The van der Waals surface area contributed by atoms with Crippen LogP contribution in [0.4, 0.5) is 0 Å². The summed E-state index contributed by atoms with van der Waals surface area (Å²) in [5.74, 6) is 0. The van der Waals surface area contributed by atoms with Crippen LogP contribution in [0.25, 0.3) is 0 Å². The van der Waals surface area contributed by atoms with Gasteiger partial charge >= 0.3 is 0 Å². The number of nitrogens with two attached hydrogens (primary N) is 1. The summed E-state index contributed by atoms with van der Waals surface area (Å²) in [6.45, 7) is 2.50. The van der Waals surface area contributed by atoms with Gasteiger partial charge in [-0.25, -0.2) is 13.1 Å². The first-order chi connectivity index (χ1) is 6.10. The van der Waals surface area contributed by atoms with Crippen LogP contribution in [0, 0.1) is 0 Å². The smallest absolute Gasteiger partial charge is 0.214 e. The van der Waals surface area contributed by atoms with Crippen LogP contribution >= 0.6 is 0 Å². The Morgan fingerprint density at radius 3 is 2.54 bits per heavy atom. The van der Waals surface area contributed by atoms with Gasteiger partial charge in [0, 0.05) is 6.04 Å². The van der Waals surface area contributed by atoms with Crippen LogP contribution < -0.4 is 10.5 Å². The molecule has 0 aromatic rings. The summed E-state index contributed by atoms with van der Waals surface area (Å²) >= 11 is 0. The van der Waals surface area contributed by atoms with E-state index >= 15 is 0 Å². The molecule has 1 fully saturated rings. The van der Waals surface area contributed by atoms with Crippen LogP contribution in [-0.4, -0.2) is 26.3 Å². The van der Waals surface area contributed by atoms with Crippen molar-refractivity contribution in [2.24, 2.45) is 5.73 Å². The zero-order valence-electron chi connectivity index (χ0n) is 7.99. The predicted molar refractivity (Wildman–Crippen MR) is 52.8 cm³/mol. The molecule has 1 rings (SSSR count). The number of rotatable bonds is 6. The summed E-state index contributed by atoms with van der Waals surface area (Å²) in [4.78, 5) is 0. The summed E-state index contributed by atoms with van der Waals surface area (Å²) in [5, 5.41) is -0.126. The van der Waals surface area contributed by atoms with E-state index < -0.39 is 10.0 Å². The van der Waals surface area contributed by atoms with Crippen LogP contribution in [0.2, 0.25) is 0 Å². The molecule has 0 heterocycles. The van der Waals surface area contributed by atoms with Crippen molar-refractivity contribution in [2.45, 2.75) is 43.9 Å². The molecule has 4 nitrogen and oxygen atoms in total. The number of hydrogen-bond acceptors (Lipinski definition) is 3. The minimum atomic E-state index is -3.03. The lowest BCUT2D eigenvalue weighted by Gasteiger charge is -2.15. The van der Waals surface area contributed by atoms with E-state index in [2.05, 4.69) is 4.72 Å². The summed E-state index contributed by atoms with van der Waals surface area (Å²) in [7, 11) is -3.03. The van der Waals surface area contributed by atoms with Gasteiger partial charge in [-0.1, -0.05) is 6.92 Å². The predicted octanol–water partition coefficient (Wildman–Crippen LogP) is 0.196. The molecule has 5 heteroatoms. The van der Waals surface area contributed by atoms with E-state index in [0.717, 1.165) is 25.7 Å². The summed E-state index contributed by atoms with van der Waals surface area (Å²) in [6, 6.07) is 0.0237.